The first kappa shape index (κ1) is 12.1. The number of aromatic carboxylic acids is 1. The average Bonchev–Trinajstić information content (AvgIpc) is 2.29. The van der Waals surface area contributed by atoms with Gasteiger partial charge in [0, 0.05) is 11.5 Å². The molecule has 0 amide bonds. The smallest absolute Gasteiger partial charge is 0.335 e. The van der Waals surface area contributed by atoms with Gasteiger partial charge >= 0.3 is 5.97 Å². The quantitative estimate of drug-likeness (QED) is 0.345. The number of nitrogens with zero attached hydrogens (tertiary/aromatic N) is 3. The number of azide groups is 1. The zero-order valence-corrected chi connectivity index (χ0v) is 8.83. The lowest BCUT2D eigenvalue weighted by Gasteiger charge is -2.01. The van der Waals surface area contributed by atoms with E-state index < -0.39 is 5.97 Å². The van der Waals surface area contributed by atoms with Crippen molar-refractivity contribution in [3.8, 4) is 0 Å². The van der Waals surface area contributed by atoms with E-state index in [9.17, 15) is 4.79 Å². The largest absolute Gasteiger partial charge is 0.478 e. The number of hydrogen-bond donors (Lipinski definition) is 1. The fourth-order valence-electron chi connectivity index (χ4n) is 1.42. The summed E-state index contributed by atoms with van der Waals surface area (Å²) >= 11 is 0. The Morgan fingerprint density at radius 2 is 2.25 bits per heavy atom. The number of aryl methyl sites for hydroxylation is 1. The van der Waals surface area contributed by atoms with Crippen LogP contribution in [-0.4, -0.2) is 17.6 Å². The van der Waals surface area contributed by atoms with E-state index in [0.717, 1.165) is 24.8 Å². The molecule has 16 heavy (non-hydrogen) atoms. The Bertz CT molecular complexity index is 411. The van der Waals surface area contributed by atoms with E-state index in [-0.39, 0.29) is 0 Å². The van der Waals surface area contributed by atoms with Gasteiger partial charge in [-0.1, -0.05) is 17.2 Å². The predicted octanol–water partition coefficient (Wildman–Crippen LogP) is 3.02. The van der Waals surface area contributed by atoms with Crippen LogP contribution in [0.2, 0.25) is 0 Å². The molecule has 5 heteroatoms. The predicted molar refractivity (Wildman–Crippen MR) is 60.4 cm³/mol. The minimum absolute atomic E-state index is 0.313. The molecule has 0 saturated carbocycles. The SMILES string of the molecule is [N-]=[N+]=NCCCCc1cccc(C(=O)O)c1. The van der Waals surface area contributed by atoms with Gasteiger partial charge in [0.25, 0.3) is 0 Å². The highest BCUT2D eigenvalue weighted by atomic mass is 16.4. The summed E-state index contributed by atoms with van der Waals surface area (Å²) in [6.45, 7) is 0.495. The van der Waals surface area contributed by atoms with Gasteiger partial charge in [0.2, 0.25) is 0 Å². The fraction of sp³-hybridized carbons (Fsp3) is 0.364. The summed E-state index contributed by atoms with van der Waals surface area (Å²) in [5.41, 5.74) is 9.39. The topological polar surface area (TPSA) is 86.1 Å². The highest BCUT2D eigenvalue weighted by Gasteiger charge is 2.02. The first-order valence-corrected chi connectivity index (χ1v) is 5.07. The second kappa shape index (κ2) is 6.48. The molecule has 84 valence electrons. The summed E-state index contributed by atoms with van der Waals surface area (Å²) in [4.78, 5) is 13.4. The van der Waals surface area contributed by atoms with Crippen molar-refractivity contribution in [2.75, 3.05) is 6.54 Å². The van der Waals surface area contributed by atoms with Crippen LogP contribution in [-0.2, 0) is 6.42 Å². The van der Waals surface area contributed by atoms with Crippen molar-refractivity contribution in [2.45, 2.75) is 19.3 Å². The van der Waals surface area contributed by atoms with E-state index in [4.69, 9.17) is 10.6 Å². The van der Waals surface area contributed by atoms with Crippen molar-refractivity contribution in [1.29, 1.82) is 0 Å². The fourth-order valence-corrected chi connectivity index (χ4v) is 1.42. The van der Waals surface area contributed by atoms with Crippen LogP contribution in [0.4, 0.5) is 0 Å². The molecule has 0 aliphatic heterocycles. The van der Waals surface area contributed by atoms with Crippen LogP contribution in [0.15, 0.2) is 29.4 Å². The molecule has 0 aliphatic carbocycles. The average molecular weight is 219 g/mol. The van der Waals surface area contributed by atoms with Gasteiger partial charge in [-0.3, -0.25) is 0 Å². The molecule has 0 fully saturated rings. The van der Waals surface area contributed by atoms with Crippen molar-refractivity contribution < 1.29 is 9.90 Å². The monoisotopic (exact) mass is 219 g/mol. The van der Waals surface area contributed by atoms with Gasteiger partial charge in [-0.15, -0.1) is 0 Å². The van der Waals surface area contributed by atoms with Crippen LogP contribution in [0.5, 0.6) is 0 Å². The first-order valence-electron chi connectivity index (χ1n) is 5.07. The van der Waals surface area contributed by atoms with E-state index in [0.29, 0.717) is 12.1 Å². The Labute approximate surface area is 93.3 Å². The van der Waals surface area contributed by atoms with Gasteiger partial charge in [-0.25, -0.2) is 4.79 Å². The molecule has 0 spiro atoms. The Hall–Kier alpha value is -2.00. The molecule has 0 radical (unpaired) electrons. The molecule has 0 bridgehead atoms. The zero-order valence-electron chi connectivity index (χ0n) is 8.83. The maximum atomic E-state index is 10.7. The lowest BCUT2D eigenvalue weighted by Crippen LogP contribution is -1.97. The minimum Gasteiger partial charge on any atom is -0.478 e. The lowest BCUT2D eigenvalue weighted by atomic mass is 10.1. The lowest BCUT2D eigenvalue weighted by molar-refractivity contribution is 0.0697. The van der Waals surface area contributed by atoms with E-state index in [1.807, 2.05) is 6.07 Å². The van der Waals surface area contributed by atoms with Gasteiger partial charge in [0.15, 0.2) is 0 Å². The molecule has 1 aromatic carbocycles. The van der Waals surface area contributed by atoms with Crippen LogP contribution < -0.4 is 0 Å². The van der Waals surface area contributed by atoms with Crippen LogP contribution in [0.1, 0.15) is 28.8 Å². The summed E-state index contributed by atoms with van der Waals surface area (Å²) in [6.07, 6.45) is 2.52. The second-order valence-corrected chi connectivity index (χ2v) is 3.42. The Morgan fingerprint density at radius 1 is 1.44 bits per heavy atom. The Kier molecular flexibility index (Phi) is 4.89. The van der Waals surface area contributed by atoms with Gasteiger partial charge in [-0.05, 0) is 42.5 Å². The third-order valence-corrected chi connectivity index (χ3v) is 2.21. The van der Waals surface area contributed by atoms with Crippen molar-refractivity contribution in [3.05, 3.63) is 45.8 Å². The molecular formula is C11H13N3O2. The molecule has 1 aromatic rings. The van der Waals surface area contributed by atoms with Gasteiger partial charge in [0.1, 0.15) is 0 Å². The molecule has 0 heterocycles. The number of carboxylic acids is 1. The zero-order chi connectivity index (χ0) is 11.8. The van der Waals surface area contributed by atoms with E-state index in [2.05, 4.69) is 10.0 Å². The highest BCUT2D eigenvalue weighted by molar-refractivity contribution is 5.87. The van der Waals surface area contributed by atoms with Gasteiger partial charge < -0.3 is 5.11 Å². The molecule has 5 nitrogen and oxygen atoms in total. The normalized spacial score (nSPS) is 9.50. The van der Waals surface area contributed by atoms with Crippen molar-refractivity contribution >= 4 is 5.97 Å². The molecule has 0 aliphatic rings. The van der Waals surface area contributed by atoms with Crippen molar-refractivity contribution in [3.63, 3.8) is 0 Å². The number of carboxylic acid groups (broad SMARTS) is 1. The summed E-state index contributed by atoms with van der Waals surface area (Å²) in [5, 5.41) is 12.2. The number of unbranched alkanes of at least 4 members (excludes halogenated alkanes) is 1. The number of hydrogen-bond acceptors (Lipinski definition) is 2. The molecule has 0 unspecified atom stereocenters. The van der Waals surface area contributed by atoms with Crippen LogP contribution in [0.3, 0.4) is 0 Å². The molecular weight excluding hydrogens is 206 g/mol. The van der Waals surface area contributed by atoms with Crippen molar-refractivity contribution in [2.24, 2.45) is 5.11 Å². The van der Waals surface area contributed by atoms with E-state index in [1.54, 1.807) is 18.2 Å². The van der Waals surface area contributed by atoms with Gasteiger partial charge in [0.05, 0.1) is 5.56 Å². The third kappa shape index (κ3) is 4.02. The first-order chi connectivity index (χ1) is 7.74. The standard InChI is InChI=1S/C11H13N3O2/c12-14-13-7-2-1-4-9-5-3-6-10(8-9)11(15)16/h3,5-6,8H,1-2,4,7H2,(H,15,16). The Morgan fingerprint density at radius 3 is 2.94 bits per heavy atom. The van der Waals surface area contributed by atoms with Crippen molar-refractivity contribution in [1.82, 2.24) is 0 Å². The highest BCUT2D eigenvalue weighted by Crippen LogP contribution is 2.08. The molecule has 0 atom stereocenters. The minimum atomic E-state index is -0.907. The third-order valence-electron chi connectivity index (χ3n) is 2.21. The molecule has 0 saturated heterocycles. The van der Waals surface area contributed by atoms with Crippen LogP contribution >= 0.6 is 0 Å². The summed E-state index contributed by atoms with van der Waals surface area (Å²) < 4.78 is 0. The summed E-state index contributed by atoms with van der Waals surface area (Å²) in [7, 11) is 0. The summed E-state index contributed by atoms with van der Waals surface area (Å²) in [5.74, 6) is -0.907. The van der Waals surface area contributed by atoms with Crippen LogP contribution in [0, 0.1) is 0 Å². The second-order valence-electron chi connectivity index (χ2n) is 3.42. The summed E-state index contributed by atoms with van der Waals surface area (Å²) in [6, 6.07) is 6.90. The molecule has 0 aromatic heterocycles. The maximum Gasteiger partial charge on any atom is 0.335 e. The van der Waals surface area contributed by atoms with E-state index in [1.165, 1.54) is 0 Å². The van der Waals surface area contributed by atoms with E-state index >= 15 is 0 Å². The number of benzene rings is 1. The number of carbonyl (C=O) groups is 1. The van der Waals surface area contributed by atoms with Gasteiger partial charge in [-0.2, -0.15) is 0 Å². The molecule has 1 N–H and O–H groups in total. The van der Waals surface area contributed by atoms with Crippen LogP contribution in [0.25, 0.3) is 10.4 Å². The maximum absolute atomic E-state index is 10.7. The Balaban J connectivity index is 2.44. The molecule has 1 rings (SSSR count). The number of rotatable bonds is 6.